The van der Waals surface area contributed by atoms with Crippen molar-refractivity contribution in [2.75, 3.05) is 31.0 Å². The number of anilines is 2. The van der Waals surface area contributed by atoms with Crippen LogP contribution in [0.3, 0.4) is 0 Å². The van der Waals surface area contributed by atoms with Crippen molar-refractivity contribution < 1.29 is 19.1 Å². The van der Waals surface area contributed by atoms with E-state index in [1.165, 1.54) is 0 Å². The average Bonchev–Trinajstić information content (AvgIpc) is 2.77. The van der Waals surface area contributed by atoms with Crippen LogP contribution in [0.25, 0.3) is 0 Å². The fourth-order valence-electron chi connectivity index (χ4n) is 3.14. The van der Waals surface area contributed by atoms with Crippen molar-refractivity contribution in [2.24, 2.45) is 5.41 Å². The molecular formula is C22H26N2O4. The van der Waals surface area contributed by atoms with Crippen LogP contribution >= 0.6 is 0 Å². The molecule has 2 amide bonds. The maximum atomic E-state index is 12.6. The Kier molecular flexibility index (Phi) is 5.58. The fraction of sp³-hybridized carbons (Fsp3) is 0.364. The number of nitrogens with one attached hydrogen (secondary N) is 1. The number of benzene rings is 2. The second-order valence-electron chi connectivity index (χ2n) is 7.62. The summed E-state index contributed by atoms with van der Waals surface area (Å²) in [6.07, 6.45) is 0.998. The molecule has 6 heteroatoms. The molecule has 28 heavy (non-hydrogen) atoms. The molecule has 0 unspecified atom stereocenters. The van der Waals surface area contributed by atoms with E-state index in [-0.39, 0.29) is 11.8 Å². The number of methoxy groups -OCH3 is 1. The molecule has 0 saturated heterocycles. The highest BCUT2D eigenvalue weighted by atomic mass is 16.5. The summed E-state index contributed by atoms with van der Waals surface area (Å²) in [4.78, 5) is 26.6. The van der Waals surface area contributed by atoms with Crippen LogP contribution < -0.4 is 19.7 Å². The van der Waals surface area contributed by atoms with Gasteiger partial charge in [0.1, 0.15) is 18.1 Å². The summed E-state index contributed by atoms with van der Waals surface area (Å²) in [5.74, 6) is 1.33. The Labute approximate surface area is 165 Å². The molecule has 1 aliphatic heterocycles. The van der Waals surface area contributed by atoms with Crippen LogP contribution in [-0.4, -0.2) is 32.6 Å². The van der Waals surface area contributed by atoms with Crippen LogP contribution in [0, 0.1) is 5.41 Å². The Balaban J connectivity index is 1.66. The topological polar surface area (TPSA) is 67.9 Å². The van der Waals surface area contributed by atoms with E-state index in [1.54, 1.807) is 37.3 Å². The minimum Gasteiger partial charge on any atom is -0.497 e. The van der Waals surface area contributed by atoms with Crippen LogP contribution in [0.1, 0.15) is 25.8 Å². The molecule has 0 fully saturated rings. The molecule has 2 aromatic rings. The standard InChI is InChI=1S/C22H26N2O4/c1-22(2)14-28-19-11-8-16(13-18(19)24(3)21(22)26)23-20(25)12-7-15-5-9-17(27-4)10-6-15/h5-6,8-11,13H,7,12,14H2,1-4H3,(H,23,25). The molecule has 1 N–H and O–H groups in total. The predicted molar refractivity (Wildman–Crippen MR) is 109 cm³/mol. The molecule has 0 aromatic heterocycles. The molecule has 148 valence electrons. The molecular weight excluding hydrogens is 356 g/mol. The van der Waals surface area contributed by atoms with Crippen LogP contribution in [0.5, 0.6) is 11.5 Å². The molecule has 0 aliphatic carbocycles. The Morgan fingerprint density at radius 3 is 2.61 bits per heavy atom. The first-order chi connectivity index (χ1) is 13.3. The zero-order valence-electron chi connectivity index (χ0n) is 16.7. The van der Waals surface area contributed by atoms with E-state index in [4.69, 9.17) is 9.47 Å². The van der Waals surface area contributed by atoms with E-state index in [2.05, 4.69) is 5.32 Å². The first kappa shape index (κ1) is 19.7. The third-order valence-electron chi connectivity index (χ3n) is 4.88. The zero-order valence-corrected chi connectivity index (χ0v) is 16.7. The van der Waals surface area contributed by atoms with Gasteiger partial charge in [0.15, 0.2) is 0 Å². The number of ether oxygens (including phenoxy) is 2. The van der Waals surface area contributed by atoms with Crippen LogP contribution in [0.15, 0.2) is 42.5 Å². The second kappa shape index (κ2) is 7.92. The van der Waals surface area contributed by atoms with E-state index in [9.17, 15) is 9.59 Å². The molecule has 6 nitrogen and oxygen atoms in total. The van der Waals surface area contributed by atoms with Gasteiger partial charge in [-0.3, -0.25) is 9.59 Å². The monoisotopic (exact) mass is 382 g/mol. The summed E-state index contributed by atoms with van der Waals surface area (Å²) in [5.41, 5.74) is 1.76. The number of carbonyl (C=O) groups is 2. The maximum Gasteiger partial charge on any atom is 0.235 e. The zero-order chi connectivity index (χ0) is 20.3. The summed E-state index contributed by atoms with van der Waals surface area (Å²) in [6.45, 7) is 4.04. The summed E-state index contributed by atoms with van der Waals surface area (Å²) in [7, 11) is 3.35. The lowest BCUT2D eigenvalue weighted by atomic mass is 9.93. The fourth-order valence-corrected chi connectivity index (χ4v) is 3.14. The van der Waals surface area contributed by atoms with Gasteiger partial charge in [-0.25, -0.2) is 0 Å². The van der Waals surface area contributed by atoms with Gasteiger partial charge >= 0.3 is 0 Å². The van der Waals surface area contributed by atoms with E-state index in [0.717, 1.165) is 11.3 Å². The molecule has 1 aliphatic rings. The lowest BCUT2D eigenvalue weighted by molar-refractivity contribution is -0.127. The number of amides is 2. The van der Waals surface area contributed by atoms with E-state index in [1.807, 2.05) is 38.1 Å². The Morgan fingerprint density at radius 2 is 1.93 bits per heavy atom. The van der Waals surface area contributed by atoms with E-state index < -0.39 is 5.41 Å². The van der Waals surface area contributed by atoms with Gasteiger partial charge in [-0.1, -0.05) is 12.1 Å². The lowest BCUT2D eigenvalue weighted by Gasteiger charge is -2.24. The van der Waals surface area contributed by atoms with Gasteiger partial charge < -0.3 is 19.7 Å². The highest BCUT2D eigenvalue weighted by Gasteiger charge is 2.36. The van der Waals surface area contributed by atoms with E-state index >= 15 is 0 Å². The quantitative estimate of drug-likeness (QED) is 0.857. The van der Waals surface area contributed by atoms with Crippen LogP contribution in [-0.2, 0) is 16.0 Å². The number of aryl methyl sites for hydroxylation is 1. The predicted octanol–water partition coefficient (Wildman–Crippen LogP) is 3.65. The van der Waals surface area contributed by atoms with Gasteiger partial charge in [-0.2, -0.15) is 0 Å². The highest BCUT2D eigenvalue weighted by Crippen LogP contribution is 2.37. The van der Waals surface area contributed by atoms with Crippen molar-refractivity contribution in [3.05, 3.63) is 48.0 Å². The largest absolute Gasteiger partial charge is 0.497 e. The van der Waals surface area contributed by atoms with Crippen molar-refractivity contribution in [1.82, 2.24) is 0 Å². The number of rotatable bonds is 5. The summed E-state index contributed by atoms with van der Waals surface area (Å²) < 4.78 is 10.9. The normalized spacial score (nSPS) is 15.3. The first-order valence-corrected chi connectivity index (χ1v) is 9.28. The Bertz CT molecular complexity index is 875. The van der Waals surface area contributed by atoms with Crippen molar-refractivity contribution >= 4 is 23.2 Å². The SMILES string of the molecule is COc1ccc(CCC(=O)Nc2ccc3c(c2)N(C)C(=O)C(C)(C)CO3)cc1. The number of carbonyl (C=O) groups excluding carboxylic acids is 2. The highest BCUT2D eigenvalue weighted by molar-refractivity contribution is 6.00. The number of fused-ring (bicyclic) bond motifs is 1. The van der Waals surface area contributed by atoms with Crippen molar-refractivity contribution in [3.63, 3.8) is 0 Å². The molecule has 0 spiro atoms. The average molecular weight is 382 g/mol. The third kappa shape index (κ3) is 4.27. The molecule has 0 saturated carbocycles. The summed E-state index contributed by atoms with van der Waals surface area (Å²) >= 11 is 0. The third-order valence-corrected chi connectivity index (χ3v) is 4.88. The minimum absolute atomic E-state index is 0.0192. The van der Waals surface area contributed by atoms with Crippen LogP contribution in [0.4, 0.5) is 11.4 Å². The van der Waals surface area contributed by atoms with Gasteiger partial charge in [0.05, 0.1) is 18.2 Å². The molecule has 0 radical (unpaired) electrons. The molecule has 0 atom stereocenters. The molecule has 0 bridgehead atoms. The van der Waals surface area contributed by atoms with Gasteiger partial charge in [0.25, 0.3) is 0 Å². The molecule has 1 heterocycles. The number of hydrogen-bond donors (Lipinski definition) is 1. The van der Waals surface area contributed by atoms with Crippen molar-refractivity contribution in [3.8, 4) is 11.5 Å². The smallest absolute Gasteiger partial charge is 0.235 e. The van der Waals surface area contributed by atoms with Gasteiger partial charge in [-0.05, 0) is 56.2 Å². The summed E-state index contributed by atoms with van der Waals surface area (Å²) in [5, 5.41) is 2.90. The Morgan fingerprint density at radius 1 is 1.21 bits per heavy atom. The van der Waals surface area contributed by atoms with Crippen molar-refractivity contribution in [2.45, 2.75) is 26.7 Å². The van der Waals surface area contributed by atoms with Gasteiger partial charge in [0.2, 0.25) is 11.8 Å². The second-order valence-corrected chi connectivity index (χ2v) is 7.62. The number of nitrogens with zero attached hydrogens (tertiary/aromatic N) is 1. The van der Waals surface area contributed by atoms with Gasteiger partial charge in [-0.15, -0.1) is 0 Å². The molecule has 2 aromatic carbocycles. The Hall–Kier alpha value is -3.02. The molecule has 3 rings (SSSR count). The van der Waals surface area contributed by atoms with E-state index in [0.29, 0.717) is 36.6 Å². The van der Waals surface area contributed by atoms with Crippen molar-refractivity contribution in [1.29, 1.82) is 0 Å². The first-order valence-electron chi connectivity index (χ1n) is 9.28. The van der Waals surface area contributed by atoms with Gasteiger partial charge in [0, 0.05) is 19.2 Å². The maximum absolute atomic E-state index is 12.6. The van der Waals surface area contributed by atoms with Crippen LogP contribution in [0.2, 0.25) is 0 Å². The number of hydrogen-bond acceptors (Lipinski definition) is 4. The lowest BCUT2D eigenvalue weighted by Crippen LogP contribution is -2.39. The minimum atomic E-state index is -0.602. The summed E-state index contributed by atoms with van der Waals surface area (Å²) in [6, 6.07) is 13.0.